The van der Waals surface area contributed by atoms with E-state index in [2.05, 4.69) is 42.2 Å². The standard InChI is InChI=1S/C22H23BrFN5O3/c1-22(2,3)16(11-14-7-5-4-6-8-14)21(30)26-20-19(28-32-29-20)13-25-31-27-15-9-10-18(24)17(23)12-15/h4-10,12-13,16,27H,11H2,1-3H3,(H,26,29,30)/b25-13-. The van der Waals surface area contributed by atoms with Crippen LogP contribution < -0.4 is 10.8 Å². The van der Waals surface area contributed by atoms with Crippen LogP contribution in [0.2, 0.25) is 0 Å². The Hall–Kier alpha value is -3.27. The molecule has 2 N–H and O–H groups in total. The summed E-state index contributed by atoms with van der Waals surface area (Å²) in [4.78, 5) is 18.0. The molecule has 3 aromatic rings. The molecule has 2 aromatic carbocycles. The number of carbonyl (C=O) groups is 1. The third-order valence-corrected chi connectivity index (χ3v) is 5.32. The number of carbonyl (C=O) groups excluding carboxylic acids is 1. The van der Waals surface area contributed by atoms with Crippen LogP contribution in [-0.2, 0) is 16.2 Å². The molecule has 0 saturated carbocycles. The van der Waals surface area contributed by atoms with E-state index in [0.717, 1.165) is 5.56 Å². The third kappa shape index (κ3) is 6.36. The quantitative estimate of drug-likeness (QED) is 0.323. The summed E-state index contributed by atoms with van der Waals surface area (Å²) in [5, 5.41) is 14.0. The Bertz CT molecular complexity index is 1080. The number of oxime groups is 1. The van der Waals surface area contributed by atoms with Gasteiger partial charge in [0, 0.05) is 5.92 Å². The first-order chi connectivity index (χ1) is 15.2. The van der Waals surface area contributed by atoms with Gasteiger partial charge in [-0.25, -0.2) is 9.02 Å². The lowest BCUT2D eigenvalue weighted by molar-refractivity contribution is -0.123. The molecular formula is C22H23BrFN5O3. The second-order valence-corrected chi connectivity index (χ2v) is 9.01. The van der Waals surface area contributed by atoms with Gasteiger partial charge in [0.15, 0.2) is 5.69 Å². The van der Waals surface area contributed by atoms with Gasteiger partial charge in [0.2, 0.25) is 11.7 Å². The number of nitrogens with one attached hydrogen (secondary N) is 2. The molecule has 0 radical (unpaired) electrons. The molecule has 168 valence electrons. The molecule has 1 amide bonds. The number of nitrogens with zero attached hydrogens (tertiary/aromatic N) is 3. The summed E-state index contributed by atoms with van der Waals surface area (Å²) in [6.07, 6.45) is 1.81. The highest BCUT2D eigenvalue weighted by Crippen LogP contribution is 2.30. The number of benzene rings is 2. The summed E-state index contributed by atoms with van der Waals surface area (Å²) in [5.74, 6) is -0.786. The highest BCUT2D eigenvalue weighted by Gasteiger charge is 2.32. The van der Waals surface area contributed by atoms with Gasteiger partial charge in [-0.2, -0.15) is 5.48 Å². The lowest BCUT2D eigenvalue weighted by atomic mass is 9.76. The second kappa shape index (κ2) is 10.4. The normalized spacial score (nSPS) is 12.5. The smallest absolute Gasteiger partial charge is 0.229 e. The molecule has 0 fully saturated rings. The third-order valence-electron chi connectivity index (χ3n) is 4.71. The number of rotatable bonds is 8. The van der Waals surface area contributed by atoms with Crippen molar-refractivity contribution in [1.29, 1.82) is 0 Å². The van der Waals surface area contributed by atoms with Crippen LogP contribution >= 0.6 is 15.9 Å². The van der Waals surface area contributed by atoms with E-state index in [1.807, 2.05) is 51.1 Å². The van der Waals surface area contributed by atoms with E-state index in [1.54, 1.807) is 0 Å². The Morgan fingerprint density at radius 1 is 1.25 bits per heavy atom. The van der Waals surface area contributed by atoms with Gasteiger partial charge in [-0.15, -0.1) is 0 Å². The van der Waals surface area contributed by atoms with Crippen LogP contribution in [0.1, 0.15) is 32.0 Å². The van der Waals surface area contributed by atoms with Crippen LogP contribution in [0.4, 0.5) is 15.9 Å². The van der Waals surface area contributed by atoms with Crippen molar-refractivity contribution in [2.75, 3.05) is 10.8 Å². The average molecular weight is 504 g/mol. The molecule has 3 rings (SSSR count). The molecular weight excluding hydrogens is 481 g/mol. The van der Waals surface area contributed by atoms with Crippen molar-refractivity contribution in [3.8, 4) is 0 Å². The van der Waals surface area contributed by atoms with Crippen LogP contribution in [-0.4, -0.2) is 22.4 Å². The Balaban J connectivity index is 1.63. The Morgan fingerprint density at radius 2 is 2.00 bits per heavy atom. The largest absolute Gasteiger partial charge is 0.306 e. The van der Waals surface area contributed by atoms with Crippen molar-refractivity contribution in [3.63, 3.8) is 0 Å². The number of anilines is 2. The van der Waals surface area contributed by atoms with Gasteiger partial charge in [0.25, 0.3) is 0 Å². The van der Waals surface area contributed by atoms with Crippen molar-refractivity contribution in [3.05, 3.63) is 70.1 Å². The molecule has 0 saturated heterocycles. The zero-order valence-corrected chi connectivity index (χ0v) is 19.4. The predicted octanol–water partition coefficient (Wildman–Crippen LogP) is 5.19. The van der Waals surface area contributed by atoms with Crippen LogP contribution in [0.5, 0.6) is 0 Å². The zero-order chi connectivity index (χ0) is 23.1. The first-order valence-electron chi connectivity index (χ1n) is 9.82. The van der Waals surface area contributed by atoms with E-state index < -0.39 is 5.82 Å². The lowest BCUT2D eigenvalue weighted by Gasteiger charge is -2.29. The van der Waals surface area contributed by atoms with Crippen LogP contribution in [0.25, 0.3) is 0 Å². The summed E-state index contributed by atoms with van der Waals surface area (Å²) in [5.41, 5.74) is 3.98. The molecule has 8 nitrogen and oxygen atoms in total. The van der Waals surface area contributed by atoms with Crippen LogP contribution in [0.15, 0.2) is 62.8 Å². The SMILES string of the molecule is CC(C)(C)C(Cc1ccccc1)C(=O)Nc1nonc1/C=N\ONc1ccc(F)c(Br)c1. The summed E-state index contributed by atoms with van der Waals surface area (Å²) in [7, 11) is 0. The topological polar surface area (TPSA) is 102 Å². The molecule has 1 atom stereocenters. The van der Waals surface area contributed by atoms with E-state index in [-0.39, 0.29) is 33.2 Å². The molecule has 32 heavy (non-hydrogen) atoms. The fraction of sp³-hybridized carbons (Fsp3) is 0.273. The van der Waals surface area contributed by atoms with Gasteiger partial charge >= 0.3 is 0 Å². The molecule has 0 bridgehead atoms. The van der Waals surface area contributed by atoms with E-state index >= 15 is 0 Å². The summed E-state index contributed by atoms with van der Waals surface area (Å²) in [6.45, 7) is 6.03. The number of aromatic nitrogens is 2. The number of hydrogen-bond acceptors (Lipinski definition) is 7. The average Bonchev–Trinajstić information content (AvgIpc) is 3.18. The molecule has 0 aliphatic rings. The highest BCUT2D eigenvalue weighted by atomic mass is 79.9. The molecule has 1 unspecified atom stereocenters. The fourth-order valence-electron chi connectivity index (χ4n) is 2.93. The van der Waals surface area contributed by atoms with Crippen LogP contribution in [0.3, 0.4) is 0 Å². The summed E-state index contributed by atoms with van der Waals surface area (Å²) < 4.78 is 18.3. The molecule has 10 heteroatoms. The number of hydrogen-bond donors (Lipinski definition) is 2. The van der Waals surface area contributed by atoms with Gasteiger partial charge in [-0.1, -0.05) is 56.3 Å². The Labute approximate surface area is 193 Å². The number of amides is 1. The Morgan fingerprint density at radius 3 is 2.69 bits per heavy atom. The minimum absolute atomic E-state index is 0.134. The van der Waals surface area contributed by atoms with Gasteiger partial charge < -0.3 is 5.32 Å². The fourth-order valence-corrected chi connectivity index (χ4v) is 3.31. The maximum atomic E-state index is 13.3. The molecule has 0 aliphatic heterocycles. The second-order valence-electron chi connectivity index (χ2n) is 8.15. The number of halogens is 2. The Kier molecular flexibility index (Phi) is 7.57. The molecule has 1 aromatic heterocycles. The maximum absolute atomic E-state index is 13.3. The molecule has 0 aliphatic carbocycles. The maximum Gasteiger partial charge on any atom is 0.229 e. The van der Waals surface area contributed by atoms with Crippen LogP contribution in [0, 0.1) is 17.2 Å². The lowest BCUT2D eigenvalue weighted by Crippen LogP contribution is -2.35. The first-order valence-corrected chi connectivity index (χ1v) is 10.6. The van der Waals surface area contributed by atoms with E-state index in [9.17, 15) is 9.18 Å². The zero-order valence-electron chi connectivity index (χ0n) is 17.8. The van der Waals surface area contributed by atoms with Crippen molar-refractivity contribution >= 4 is 39.6 Å². The predicted molar refractivity (Wildman–Crippen MR) is 122 cm³/mol. The van der Waals surface area contributed by atoms with Crippen molar-refractivity contribution in [2.45, 2.75) is 27.2 Å². The summed E-state index contributed by atoms with van der Waals surface area (Å²) in [6, 6.07) is 14.1. The van der Waals surface area contributed by atoms with E-state index in [4.69, 9.17) is 9.57 Å². The van der Waals surface area contributed by atoms with Gasteiger partial charge in [0.05, 0.1) is 10.2 Å². The van der Waals surface area contributed by atoms with Crippen molar-refractivity contribution in [2.24, 2.45) is 16.5 Å². The van der Waals surface area contributed by atoms with Crippen molar-refractivity contribution < 1.29 is 18.8 Å². The van der Waals surface area contributed by atoms with Gasteiger partial charge in [-0.3, -0.25) is 9.73 Å². The monoisotopic (exact) mass is 503 g/mol. The molecule has 0 spiro atoms. The minimum atomic E-state index is -0.395. The van der Waals surface area contributed by atoms with Crippen molar-refractivity contribution in [1.82, 2.24) is 10.3 Å². The van der Waals surface area contributed by atoms with E-state index in [1.165, 1.54) is 24.4 Å². The van der Waals surface area contributed by atoms with Gasteiger partial charge in [-0.05, 0) is 61.8 Å². The highest BCUT2D eigenvalue weighted by molar-refractivity contribution is 9.10. The first kappa shape index (κ1) is 23.4. The minimum Gasteiger partial charge on any atom is -0.306 e. The van der Waals surface area contributed by atoms with Gasteiger partial charge in [0.1, 0.15) is 12.0 Å². The molecule has 1 heterocycles. The summed E-state index contributed by atoms with van der Waals surface area (Å²) >= 11 is 3.09. The van der Waals surface area contributed by atoms with E-state index in [0.29, 0.717) is 12.1 Å².